The molecular formula is C30H30FeN6O6. The van der Waals surface area contributed by atoms with Gasteiger partial charge in [-0.1, -0.05) is 18.2 Å². The van der Waals surface area contributed by atoms with Crippen molar-refractivity contribution in [2.24, 2.45) is 15.0 Å². The maximum atomic E-state index is 10.7. The van der Waals surface area contributed by atoms with E-state index < -0.39 is 36.0 Å². The van der Waals surface area contributed by atoms with Gasteiger partial charge in [-0.15, -0.1) is 0 Å². The monoisotopic (exact) mass is 626 g/mol. The molecule has 0 aromatic carbocycles. The topological polar surface area (TPSA) is 188 Å². The van der Waals surface area contributed by atoms with Gasteiger partial charge in [0.15, 0.2) is 0 Å². The van der Waals surface area contributed by atoms with Gasteiger partial charge in [-0.25, -0.2) is 14.4 Å². The van der Waals surface area contributed by atoms with E-state index in [-0.39, 0.29) is 17.1 Å². The van der Waals surface area contributed by atoms with E-state index in [0.717, 1.165) is 34.2 Å². The molecule has 0 bridgehead atoms. The number of rotatable bonds is 6. The van der Waals surface area contributed by atoms with E-state index in [1.807, 2.05) is 54.6 Å². The first-order valence-corrected chi connectivity index (χ1v) is 13.4. The Labute approximate surface area is 258 Å². The number of aliphatic imine (C=N–C) groups is 3. The molecule has 224 valence electrons. The molecule has 3 aromatic heterocycles. The SMILES string of the molecule is O=C(O)C1CCC(c2ccccn2)=N1.O=C(O)C1CCC(c2ccccn2)=N1.O=C(O)C1CCC(c2ccccn2)=N1.[Fe]. The number of carbonyl (C=O) groups is 3. The summed E-state index contributed by atoms with van der Waals surface area (Å²) in [5.41, 5.74) is 4.78. The molecule has 6 heterocycles. The molecule has 0 fully saturated rings. The molecule has 3 unspecified atom stereocenters. The number of pyridine rings is 3. The zero-order valence-corrected chi connectivity index (χ0v) is 24.1. The summed E-state index contributed by atoms with van der Waals surface area (Å²) >= 11 is 0. The van der Waals surface area contributed by atoms with Crippen molar-refractivity contribution in [3.05, 3.63) is 90.3 Å². The maximum Gasteiger partial charge on any atom is 0.328 e. The van der Waals surface area contributed by atoms with Crippen LogP contribution in [0.3, 0.4) is 0 Å². The van der Waals surface area contributed by atoms with Crippen LogP contribution in [0.4, 0.5) is 0 Å². The van der Waals surface area contributed by atoms with Gasteiger partial charge in [-0.3, -0.25) is 29.9 Å². The van der Waals surface area contributed by atoms with E-state index >= 15 is 0 Å². The molecule has 3 N–H and O–H groups in total. The third-order valence-corrected chi connectivity index (χ3v) is 6.64. The predicted molar refractivity (Wildman–Crippen MR) is 154 cm³/mol. The Balaban J connectivity index is 0.000000175. The molecule has 0 spiro atoms. The van der Waals surface area contributed by atoms with Gasteiger partial charge in [0.25, 0.3) is 0 Å². The summed E-state index contributed by atoms with van der Waals surface area (Å²) in [6, 6.07) is 14.9. The Morgan fingerprint density at radius 2 is 0.791 bits per heavy atom. The molecule has 13 heteroatoms. The minimum Gasteiger partial charge on any atom is -0.480 e. The van der Waals surface area contributed by atoms with Crippen LogP contribution < -0.4 is 0 Å². The van der Waals surface area contributed by atoms with Crippen LogP contribution in [0.5, 0.6) is 0 Å². The molecule has 3 aliphatic rings. The fourth-order valence-electron chi connectivity index (χ4n) is 4.49. The van der Waals surface area contributed by atoms with Gasteiger partial charge in [0.1, 0.15) is 18.1 Å². The zero-order chi connectivity index (χ0) is 29.9. The van der Waals surface area contributed by atoms with Crippen molar-refractivity contribution in [1.29, 1.82) is 0 Å². The average Bonchev–Trinajstić information content (AvgIpc) is 3.81. The van der Waals surface area contributed by atoms with Gasteiger partial charge >= 0.3 is 17.9 Å². The number of aliphatic carboxylic acids is 3. The third-order valence-electron chi connectivity index (χ3n) is 6.64. The van der Waals surface area contributed by atoms with Crippen LogP contribution in [0.15, 0.2) is 88.2 Å². The molecule has 0 saturated carbocycles. The maximum absolute atomic E-state index is 10.7. The summed E-state index contributed by atoms with van der Waals surface area (Å²) in [7, 11) is 0. The van der Waals surface area contributed by atoms with Gasteiger partial charge in [0.2, 0.25) is 0 Å². The van der Waals surface area contributed by atoms with Crippen molar-refractivity contribution >= 4 is 35.0 Å². The Morgan fingerprint density at radius 3 is 0.977 bits per heavy atom. The first-order valence-electron chi connectivity index (χ1n) is 13.4. The van der Waals surface area contributed by atoms with Gasteiger partial charge in [-0.05, 0) is 74.9 Å². The van der Waals surface area contributed by atoms with E-state index in [4.69, 9.17) is 15.3 Å². The molecular weight excluding hydrogens is 596 g/mol. The Bertz CT molecular complexity index is 1310. The van der Waals surface area contributed by atoms with Crippen molar-refractivity contribution < 1.29 is 46.8 Å². The Hall–Kier alpha value is -4.61. The molecule has 0 radical (unpaired) electrons. The summed E-state index contributed by atoms with van der Waals surface area (Å²) in [4.78, 5) is 56.7. The van der Waals surface area contributed by atoms with E-state index in [2.05, 4.69) is 29.9 Å². The van der Waals surface area contributed by atoms with E-state index in [0.29, 0.717) is 38.5 Å². The standard InChI is InChI=1S/3C10H10N2O2.Fe/c3*13-10(14)9-5-4-8(12-9)7-3-1-2-6-11-7;/h3*1-3,6,9H,4-5H2,(H,13,14);. The van der Waals surface area contributed by atoms with Crippen molar-refractivity contribution in [2.75, 3.05) is 0 Å². The number of carboxylic acids is 3. The van der Waals surface area contributed by atoms with Crippen molar-refractivity contribution in [3.8, 4) is 0 Å². The average molecular weight is 626 g/mol. The van der Waals surface area contributed by atoms with E-state index in [1.54, 1.807) is 18.6 Å². The molecule has 0 amide bonds. The summed E-state index contributed by atoms with van der Waals surface area (Å²) < 4.78 is 0. The molecule has 12 nitrogen and oxygen atoms in total. The number of carboxylic acid groups (broad SMARTS) is 3. The summed E-state index contributed by atoms with van der Waals surface area (Å²) in [5, 5.41) is 26.3. The van der Waals surface area contributed by atoms with Crippen LogP contribution in [-0.4, -0.2) is 83.4 Å². The Morgan fingerprint density at radius 1 is 0.512 bits per heavy atom. The number of hydrogen-bond acceptors (Lipinski definition) is 9. The molecule has 6 rings (SSSR count). The molecule has 3 aromatic rings. The Kier molecular flexibility index (Phi) is 12.3. The zero-order valence-electron chi connectivity index (χ0n) is 23.0. The minimum absolute atomic E-state index is 0. The van der Waals surface area contributed by atoms with Crippen LogP contribution in [-0.2, 0) is 31.5 Å². The first kappa shape index (κ1) is 32.9. The predicted octanol–water partition coefficient (Wildman–Crippen LogP) is 3.35. The largest absolute Gasteiger partial charge is 0.480 e. The first-order chi connectivity index (χ1) is 20.3. The fraction of sp³-hybridized carbons (Fsp3) is 0.300. The number of nitrogens with zero attached hydrogens (tertiary/aromatic N) is 6. The summed E-state index contributed by atoms with van der Waals surface area (Å²) in [5.74, 6) is -2.55. The normalized spacial score (nSPS) is 20.1. The van der Waals surface area contributed by atoms with Crippen LogP contribution >= 0.6 is 0 Å². The van der Waals surface area contributed by atoms with Crippen LogP contribution in [0, 0.1) is 0 Å². The minimum atomic E-state index is -0.851. The van der Waals surface area contributed by atoms with Crippen molar-refractivity contribution in [3.63, 3.8) is 0 Å². The summed E-state index contributed by atoms with van der Waals surface area (Å²) in [6.07, 6.45) is 8.92. The molecule has 3 atom stereocenters. The van der Waals surface area contributed by atoms with Crippen LogP contribution in [0.25, 0.3) is 0 Å². The van der Waals surface area contributed by atoms with Crippen LogP contribution in [0.1, 0.15) is 55.6 Å². The molecule has 0 saturated heterocycles. The number of hydrogen-bond donors (Lipinski definition) is 3. The second kappa shape index (κ2) is 16.1. The van der Waals surface area contributed by atoms with Crippen LogP contribution in [0.2, 0.25) is 0 Å². The van der Waals surface area contributed by atoms with E-state index in [1.165, 1.54) is 0 Å². The summed E-state index contributed by atoms with van der Waals surface area (Å²) in [6.45, 7) is 0. The molecule has 43 heavy (non-hydrogen) atoms. The van der Waals surface area contributed by atoms with Gasteiger partial charge in [0, 0.05) is 35.7 Å². The second-order valence-electron chi connectivity index (χ2n) is 9.55. The fourth-order valence-corrected chi connectivity index (χ4v) is 4.49. The quantitative estimate of drug-likeness (QED) is 0.345. The van der Waals surface area contributed by atoms with E-state index in [9.17, 15) is 14.4 Å². The van der Waals surface area contributed by atoms with Gasteiger partial charge < -0.3 is 15.3 Å². The second-order valence-corrected chi connectivity index (χ2v) is 9.55. The smallest absolute Gasteiger partial charge is 0.328 e. The molecule has 0 aliphatic carbocycles. The number of aromatic nitrogens is 3. The third kappa shape index (κ3) is 9.45. The van der Waals surface area contributed by atoms with Gasteiger partial charge in [-0.2, -0.15) is 0 Å². The molecule has 3 aliphatic heterocycles. The van der Waals surface area contributed by atoms with Crippen molar-refractivity contribution in [1.82, 2.24) is 15.0 Å². The van der Waals surface area contributed by atoms with Gasteiger partial charge in [0.05, 0.1) is 34.2 Å². The van der Waals surface area contributed by atoms with Crippen molar-refractivity contribution in [2.45, 2.75) is 56.7 Å².